The molecule has 24 heavy (non-hydrogen) atoms. The SMILES string of the molecule is O=C(c1ccco1)N1CCN(c2cc(-n3cccn3)ncn2)CC1. The van der Waals surface area contributed by atoms with E-state index in [2.05, 4.69) is 20.0 Å². The molecule has 8 heteroatoms. The summed E-state index contributed by atoms with van der Waals surface area (Å²) in [6.45, 7) is 2.67. The summed E-state index contributed by atoms with van der Waals surface area (Å²) in [6, 6.07) is 7.16. The van der Waals surface area contributed by atoms with Gasteiger partial charge in [0, 0.05) is 44.6 Å². The maximum Gasteiger partial charge on any atom is 0.289 e. The average Bonchev–Trinajstić information content (AvgIpc) is 3.35. The lowest BCUT2D eigenvalue weighted by atomic mass is 10.3. The van der Waals surface area contributed by atoms with Crippen molar-refractivity contribution in [1.82, 2.24) is 24.6 Å². The van der Waals surface area contributed by atoms with Crippen LogP contribution in [0.4, 0.5) is 5.82 Å². The molecular formula is C16H16N6O2. The highest BCUT2D eigenvalue weighted by atomic mass is 16.3. The first-order valence-electron chi connectivity index (χ1n) is 7.71. The van der Waals surface area contributed by atoms with Crippen molar-refractivity contribution < 1.29 is 9.21 Å². The van der Waals surface area contributed by atoms with Crippen molar-refractivity contribution in [2.24, 2.45) is 0 Å². The third-order valence-electron chi connectivity index (χ3n) is 4.00. The van der Waals surface area contributed by atoms with E-state index < -0.39 is 0 Å². The summed E-state index contributed by atoms with van der Waals surface area (Å²) in [5, 5.41) is 4.18. The van der Waals surface area contributed by atoms with Crippen LogP contribution in [-0.2, 0) is 0 Å². The summed E-state index contributed by atoms with van der Waals surface area (Å²) < 4.78 is 6.88. The van der Waals surface area contributed by atoms with Crippen molar-refractivity contribution in [2.75, 3.05) is 31.1 Å². The first-order valence-corrected chi connectivity index (χ1v) is 7.71. The molecule has 0 aromatic carbocycles. The molecule has 0 radical (unpaired) electrons. The fraction of sp³-hybridized carbons (Fsp3) is 0.250. The topological polar surface area (TPSA) is 80.3 Å². The van der Waals surface area contributed by atoms with Crippen LogP contribution >= 0.6 is 0 Å². The van der Waals surface area contributed by atoms with Gasteiger partial charge in [0.1, 0.15) is 12.1 Å². The average molecular weight is 324 g/mol. The van der Waals surface area contributed by atoms with Crippen LogP contribution in [0.5, 0.6) is 0 Å². The number of anilines is 1. The van der Waals surface area contributed by atoms with Gasteiger partial charge in [-0.1, -0.05) is 0 Å². The Kier molecular flexibility index (Phi) is 3.70. The largest absolute Gasteiger partial charge is 0.459 e. The Balaban J connectivity index is 1.44. The zero-order valence-electron chi connectivity index (χ0n) is 12.9. The predicted octanol–water partition coefficient (Wildman–Crippen LogP) is 1.22. The zero-order valence-corrected chi connectivity index (χ0v) is 12.9. The molecule has 3 aromatic rings. The molecule has 8 nitrogen and oxygen atoms in total. The van der Waals surface area contributed by atoms with Gasteiger partial charge in [0.15, 0.2) is 11.6 Å². The molecule has 0 atom stereocenters. The first-order chi connectivity index (χ1) is 11.8. The highest BCUT2D eigenvalue weighted by molar-refractivity contribution is 5.91. The molecule has 1 saturated heterocycles. The van der Waals surface area contributed by atoms with E-state index in [1.165, 1.54) is 12.6 Å². The molecular weight excluding hydrogens is 308 g/mol. The van der Waals surface area contributed by atoms with Crippen LogP contribution in [0.25, 0.3) is 5.82 Å². The van der Waals surface area contributed by atoms with Crippen LogP contribution in [0.15, 0.2) is 53.7 Å². The molecule has 0 spiro atoms. The molecule has 122 valence electrons. The minimum atomic E-state index is -0.0698. The van der Waals surface area contributed by atoms with Crippen molar-refractivity contribution in [3.05, 3.63) is 55.0 Å². The minimum Gasteiger partial charge on any atom is -0.459 e. The maximum atomic E-state index is 12.3. The number of amides is 1. The number of carbonyl (C=O) groups excluding carboxylic acids is 1. The van der Waals surface area contributed by atoms with Crippen LogP contribution in [0.2, 0.25) is 0 Å². The summed E-state index contributed by atoms with van der Waals surface area (Å²) >= 11 is 0. The molecule has 1 fully saturated rings. The van der Waals surface area contributed by atoms with Gasteiger partial charge in [-0.2, -0.15) is 5.10 Å². The van der Waals surface area contributed by atoms with Gasteiger partial charge in [-0.3, -0.25) is 4.79 Å². The Hall–Kier alpha value is -3.16. The lowest BCUT2D eigenvalue weighted by Gasteiger charge is -2.35. The second kappa shape index (κ2) is 6.15. The van der Waals surface area contributed by atoms with Crippen molar-refractivity contribution in [1.29, 1.82) is 0 Å². The van der Waals surface area contributed by atoms with Gasteiger partial charge in [-0.15, -0.1) is 0 Å². The fourth-order valence-electron chi connectivity index (χ4n) is 2.73. The van der Waals surface area contributed by atoms with Gasteiger partial charge >= 0.3 is 0 Å². The van der Waals surface area contributed by atoms with E-state index in [9.17, 15) is 4.79 Å². The molecule has 4 rings (SSSR count). The summed E-state index contributed by atoms with van der Waals surface area (Å²) in [4.78, 5) is 24.8. The standard InChI is InChI=1S/C16H16N6O2/c23-16(13-3-1-10-24-13)21-8-6-20(7-9-21)14-11-15(18-12-17-14)22-5-2-4-19-22/h1-5,10-12H,6-9H2. The second-order valence-corrected chi connectivity index (χ2v) is 5.44. The highest BCUT2D eigenvalue weighted by Gasteiger charge is 2.24. The number of piperazine rings is 1. The molecule has 0 N–H and O–H groups in total. The smallest absolute Gasteiger partial charge is 0.289 e. The normalized spacial score (nSPS) is 14.8. The third kappa shape index (κ3) is 2.73. The third-order valence-corrected chi connectivity index (χ3v) is 4.00. The molecule has 0 unspecified atom stereocenters. The van der Waals surface area contributed by atoms with Crippen LogP contribution in [0.3, 0.4) is 0 Å². The monoisotopic (exact) mass is 324 g/mol. The Morgan fingerprint density at radius 2 is 1.92 bits per heavy atom. The molecule has 1 aliphatic rings. The summed E-state index contributed by atoms with van der Waals surface area (Å²) in [7, 11) is 0. The minimum absolute atomic E-state index is 0.0698. The van der Waals surface area contributed by atoms with Crippen LogP contribution in [0.1, 0.15) is 10.6 Å². The summed E-state index contributed by atoms with van der Waals surface area (Å²) in [5.74, 6) is 1.87. The van der Waals surface area contributed by atoms with Gasteiger partial charge in [-0.05, 0) is 18.2 Å². The Labute approximate surface area is 138 Å². The summed E-state index contributed by atoms with van der Waals surface area (Å²) in [6.07, 6.45) is 6.60. The van der Waals surface area contributed by atoms with Crippen LogP contribution in [0, 0.1) is 0 Å². The van der Waals surface area contributed by atoms with E-state index in [0.717, 1.165) is 11.6 Å². The molecule has 0 aliphatic carbocycles. The molecule has 3 aromatic heterocycles. The lowest BCUT2D eigenvalue weighted by molar-refractivity contribution is 0.0714. The highest BCUT2D eigenvalue weighted by Crippen LogP contribution is 2.17. The first kappa shape index (κ1) is 14.4. The Morgan fingerprint density at radius 1 is 1.08 bits per heavy atom. The number of aromatic nitrogens is 4. The van der Waals surface area contributed by atoms with Gasteiger partial charge < -0.3 is 14.2 Å². The van der Waals surface area contributed by atoms with E-state index in [4.69, 9.17) is 4.42 Å². The van der Waals surface area contributed by atoms with E-state index in [1.54, 1.807) is 27.9 Å². The number of furan rings is 1. The van der Waals surface area contributed by atoms with Gasteiger partial charge in [0.2, 0.25) is 0 Å². The number of hydrogen-bond acceptors (Lipinski definition) is 6. The van der Waals surface area contributed by atoms with Crippen molar-refractivity contribution in [2.45, 2.75) is 0 Å². The van der Waals surface area contributed by atoms with E-state index in [-0.39, 0.29) is 5.91 Å². The Morgan fingerprint density at radius 3 is 2.62 bits per heavy atom. The van der Waals surface area contributed by atoms with Crippen molar-refractivity contribution in [3.8, 4) is 5.82 Å². The van der Waals surface area contributed by atoms with Crippen molar-refractivity contribution in [3.63, 3.8) is 0 Å². The van der Waals surface area contributed by atoms with Gasteiger partial charge in [-0.25, -0.2) is 14.6 Å². The van der Waals surface area contributed by atoms with E-state index in [1.807, 2.05) is 18.3 Å². The molecule has 1 amide bonds. The van der Waals surface area contributed by atoms with Crippen LogP contribution < -0.4 is 4.90 Å². The van der Waals surface area contributed by atoms with Crippen LogP contribution in [-0.4, -0.2) is 56.7 Å². The quantitative estimate of drug-likeness (QED) is 0.720. The fourth-order valence-corrected chi connectivity index (χ4v) is 2.73. The van der Waals surface area contributed by atoms with Crippen molar-refractivity contribution >= 4 is 11.7 Å². The Bertz CT molecular complexity index is 807. The van der Waals surface area contributed by atoms with E-state index in [0.29, 0.717) is 31.9 Å². The number of hydrogen-bond donors (Lipinski definition) is 0. The lowest BCUT2D eigenvalue weighted by Crippen LogP contribution is -2.49. The molecule has 1 aliphatic heterocycles. The number of nitrogens with zero attached hydrogens (tertiary/aromatic N) is 6. The molecule has 0 bridgehead atoms. The number of rotatable bonds is 3. The van der Waals surface area contributed by atoms with Gasteiger partial charge in [0.25, 0.3) is 5.91 Å². The van der Waals surface area contributed by atoms with E-state index >= 15 is 0 Å². The second-order valence-electron chi connectivity index (χ2n) is 5.44. The summed E-state index contributed by atoms with van der Waals surface area (Å²) in [5.41, 5.74) is 0. The zero-order chi connectivity index (χ0) is 16.4. The maximum absolute atomic E-state index is 12.3. The predicted molar refractivity (Wildman–Crippen MR) is 86.0 cm³/mol. The van der Waals surface area contributed by atoms with Gasteiger partial charge in [0.05, 0.1) is 6.26 Å². The molecule has 4 heterocycles. The molecule has 0 saturated carbocycles. The number of carbonyl (C=O) groups is 1.